The van der Waals surface area contributed by atoms with E-state index in [4.69, 9.17) is 14.2 Å². The molecule has 0 aromatic rings. The van der Waals surface area contributed by atoms with Crippen molar-refractivity contribution in [1.29, 1.82) is 0 Å². The molecule has 11 nitrogen and oxygen atoms in total. The van der Waals surface area contributed by atoms with Crippen molar-refractivity contribution in [3.63, 3.8) is 0 Å². The molecule has 11 heteroatoms. The number of unbranched alkanes of at least 4 members (excludes halogenated alkanes) is 41. The summed E-state index contributed by atoms with van der Waals surface area (Å²) in [4.78, 5) is 26.6. The molecule has 1 fully saturated rings. The van der Waals surface area contributed by atoms with Crippen molar-refractivity contribution in [2.75, 3.05) is 13.2 Å². The van der Waals surface area contributed by atoms with Crippen LogP contribution in [0.3, 0.4) is 0 Å². The molecule has 1 rings (SSSR count). The Hall–Kier alpha value is -2.38. The molecule has 0 spiro atoms. The van der Waals surface area contributed by atoms with Gasteiger partial charge in [0.15, 0.2) is 12.4 Å². The maximum Gasteiger partial charge on any atom is 0.306 e. The van der Waals surface area contributed by atoms with E-state index >= 15 is 0 Å². The number of ether oxygens (including phenoxy) is 3. The van der Waals surface area contributed by atoms with Gasteiger partial charge in [-0.2, -0.15) is 0 Å². The Labute approximate surface area is 510 Å². The Morgan fingerprint density at radius 1 is 0.470 bits per heavy atom. The van der Waals surface area contributed by atoms with Gasteiger partial charge in [0.1, 0.15) is 24.4 Å². The number of rotatable bonds is 61. The van der Waals surface area contributed by atoms with E-state index in [-0.39, 0.29) is 13.0 Å². The molecule has 0 saturated carbocycles. The number of allylic oxidation sites excluding steroid dienone is 7. The van der Waals surface area contributed by atoms with Crippen molar-refractivity contribution in [1.82, 2.24) is 5.32 Å². The predicted octanol–water partition coefficient (Wildman–Crippen LogP) is 18.0. The molecule has 0 bridgehead atoms. The van der Waals surface area contributed by atoms with Gasteiger partial charge in [-0.05, 0) is 83.5 Å². The molecule has 8 atom stereocenters. The molecule has 0 aromatic carbocycles. The monoisotopic (exact) mass is 1170 g/mol. The van der Waals surface area contributed by atoms with Crippen LogP contribution in [-0.4, -0.2) is 99.6 Å². The van der Waals surface area contributed by atoms with Gasteiger partial charge in [0.2, 0.25) is 5.91 Å². The highest BCUT2D eigenvalue weighted by atomic mass is 16.7. The fourth-order valence-electron chi connectivity index (χ4n) is 11.1. The van der Waals surface area contributed by atoms with Crippen molar-refractivity contribution in [3.8, 4) is 0 Å². The molecule has 0 radical (unpaired) electrons. The topological polar surface area (TPSA) is 175 Å². The summed E-state index contributed by atoms with van der Waals surface area (Å²) in [6.07, 6.45) is 64.5. The van der Waals surface area contributed by atoms with Gasteiger partial charge in [0, 0.05) is 6.42 Å². The van der Waals surface area contributed by atoms with E-state index in [1.807, 2.05) is 6.08 Å². The zero-order valence-corrected chi connectivity index (χ0v) is 54.1. The van der Waals surface area contributed by atoms with Gasteiger partial charge in [-0.15, -0.1) is 0 Å². The first kappa shape index (κ1) is 78.6. The Balaban J connectivity index is 2.53. The second kappa shape index (κ2) is 59.9. The van der Waals surface area contributed by atoms with Crippen LogP contribution in [0.1, 0.15) is 335 Å². The lowest BCUT2D eigenvalue weighted by molar-refractivity contribution is -0.305. The van der Waals surface area contributed by atoms with Crippen LogP contribution in [-0.2, 0) is 23.8 Å². The molecular formula is C72H133NO10. The SMILES string of the molecule is CCCCC/C=C\C/C=C\CCCCCCCCCC(=O)OC1C(OCC(NC(=O)C(O)CCCCCCCCCCCCCCCCCC/C=C/CCCCCCCC)C(O)/C=C/CCCCCCCCCCC)OC(CO)C(O)C1O. The van der Waals surface area contributed by atoms with Crippen molar-refractivity contribution in [2.45, 2.75) is 384 Å². The number of hydrogen-bond donors (Lipinski definition) is 6. The van der Waals surface area contributed by atoms with Crippen LogP contribution in [0.5, 0.6) is 0 Å². The Kier molecular flexibility index (Phi) is 56.8. The number of amides is 1. The van der Waals surface area contributed by atoms with E-state index in [0.29, 0.717) is 19.3 Å². The van der Waals surface area contributed by atoms with Crippen LogP contribution >= 0.6 is 0 Å². The largest absolute Gasteiger partial charge is 0.454 e. The Morgan fingerprint density at radius 3 is 1.27 bits per heavy atom. The summed E-state index contributed by atoms with van der Waals surface area (Å²) < 4.78 is 17.7. The molecule has 0 aromatic heterocycles. The maximum absolute atomic E-state index is 13.5. The van der Waals surface area contributed by atoms with Crippen molar-refractivity contribution in [3.05, 3.63) is 48.6 Å². The number of carbonyl (C=O) groups is 2. The summed E-state index contributed by atoms with van der Waals surface area (Å²) >= 11 is 0. The minimum absolute atomic E-state index is 0.116. The number of hydrogen-bond acceptors (Lipinski definition) is 10. The molecule has 1 aliphatic heterocycles. The lowest BCUT2D eigenvalue weighted by Crippen LogP contribution is -2.61. The van der Waals surface area contributed by atoms with Gasteiger partial charge in [-0.1, -0.05) is 294 Å². The average molecular weight is 1170 g/mol. The number of aliphatic hydroxyl groups excluding tert-OH is 5. The van der Waals surface area contributed by atoms with Gasteiger partial charge < -0.3 is 45.1 Å². The molecule has 1 amide bonds. The van der Waals surface area contributed by atoms with Crippen LogP contribution in [0.25, 0.3) is 0 Å². The van der Waals surface area contributed by atoms with Gasteiger partial charge in [0.25, 0.3) is 0 Å². The molecule has 1 saturated heterocycles. The third kappa shape index (κ3) is 47.4. The van der Waals surface area contributed by atoms with Crippen LogP contribution in [0.4, 0.5) is 0 Å². The summed E-state index contributed by atoms with van der Waals surface area (Å²) in [5.74, 6) is -1.19. The summed E-state index contributed by atoms with van der Waals surface area (Å²) in [6, 6.07) is -1.02. The first-order chi connectivity index (χ1) is 40.7. The average Bonchev–Trinajstić information content (AvgIpc) is 3.69. The molecule has 6 N–H and O–H groups in total. The zero-order valence-electron chi connectivity index (χ0n) is 54.1. The Bertz CT molecular complexity index is 1540. The van der Waals surface area contributed by atoms with E-state index in [0.717, 1.165) is 77.0 Å². The number of carbonyl (C=O) groups excluding carboxylic acids is 2. The van der Waals surface area contributed by atoms with Gasteiger partial charge in [-0.25, -0.2) is 0 Å². The molecule has 486 valence electrons. The number of aliphatic hydroxyl groups is 5. The molecular weight excluding hydrogens is 1040 g/mol. The summed E-state index contributed by atoms with van der Waals surface area (Å²) in [5.41, 5.74) is 0. The van der Waals surface area contributed by atoms with Crippen LogP contribution < -0.4 is 5.32 Å². The zero-order chi connectivity index (χ0) is 60.3. The summed E-state index contributed by atoms with van der Waals surface area (Å²) in [7, 11) is 0. The molecule has 1 aliphatic rings. The highest BCUT2D eigenvalue weighted by molar-refractivity contribution is 5.80. The standard InChI is InChI=1S/C72H133NO10/c1-4-7-10-13-16-19-22-24-26-28-29-30-31-32-33-34-35-36-38-39-41-44-47-50-53-56-59-65(76)71(80)73-63(64(75)58-55-52-49-46-43-21-18-15-12-9-6-3)62-81-72-70(69(79)68(78)66(61-74)82-72)83-67(77)60-57-54-51-48-45-42-40-37-27-25-23-20-17-14-11-8-5-2/h17,20,24-27,55,58,63-66,68-70,72,74-76,78-79H,4-16,18-19,21-23,28-54,56-57,59-62H2,1-3H3,(H,73,80)/b20-17-,26-24+,27-25-,58-55+. The van der Waals surface area contributed by atoms with Gasteiger partial charge >= 0.3 is 5.97 Å². The van der Waals surface area contributed by atoms with E-state index in [2.05, 4.69) is 62.5 Å². The maximum atomic E-state index is 13.5. The van der Waals surface area contributed by atoms with Crippen molar-refractivity contribution < 1.29 is 49.3 Å². The third-order valence-electron chi connectivity index (χ3n) is 16.7. The van der Waals surface area contributed by atoms with Crippen LogP contribution in [0.2, 0.25) is 0 Å². The predicted molar refractivity (Wildman–Crippen MR) is 347 cm³/mol. The summed E-state index contributed by atoms with van der Waals surface area (Å²) in [6.45, 7) is 5.79. The first-order valence-corrected chi connectivity index (χ1v) is 35.4. The highest BCUT2D eigenvalue weighted by Gasteiger charge is 2.47. The van der Waals surface area contributed by atoms with Crippen LogP contribution in [0, 0.1) is 0 Å². The van der Waals surface area contributed by atoms with Crippen molar-refractivity contribution >= 4 is 11.9 Å². The molecule has 0 aliphatic carbocycles. The van der Waals surface area contributed by atoms with Crippen LogP contribution in [0.15, 0.2) is 48.6 Å². The highest BCUT2D eigenvalue weighted by Crippen LogP contribution is 2.26. The quantitative estimate of drug-likeness (QED) is 0.0195. The molecule has 8 unspecified atom stereocenters. The first-order valence-electron chi connectivity index (χ1n) is 35.4. The van der Waals surface area contributed by atoms with Crippen molar-refractivity contribution in [2.24, 2.45) is 0 Å². The smallest absolute Gasteiger partial charge is 0.306 e. The lowest BCUT2D eigenvalue weighted by atomic mass is 9.99. The van der Waals surface area contributed by atoms with E-state index in [1.54, 1.807) is 6.08 Å². The number of esters is 1. The van der Waals surface area contributed by atoms with E-state index < -0.39 is 67.4 Å². The van der Waals surface area contributed by atoms with E-state index in [1.165, 1.54) is 212 Å². The fourth-order valence-corrected chi connectivity index (χ4v) is 11.1. The second-order valence-corrected chi connectivity index (χ2v) is 24.6. The normalized spacial score (nSPS) is 18.8. The van der Waals surface area contributed by atoms with E-state index in [9.17, 15) is 35.1 Å². The number of nitrogens with one attached hydrogen (secondary N) is 1. The molecule has 83 heavy (non-hydrogen) atoms. The molecule has 1 heterocycles. The third-order valence-corrected chi connectivity index (χ3v) is 16.7. The van der Waals surface area contributed by atoms with Gasteiger partial charge in [-0.3, -0.25) is 9.59 Å². The second-order valence-electron chi connectivity index (χ2n) is 24.6. The minimum atomic E-state index is -1.62. The lowest BCUT2D eigenvalue weighted by Gasteiger charge is -2.41. The Morgan fingerprint density at radius 2 is 0.831 bits per heavy atom. The summed E-state index contributed by atoms with van der Waals surface area (Å²) in [5, 5.41) is 57.2. The van der Waals surface area contributed by atoms with Gasteiger partial charge in [0.05, 0.1) is 25.4 Å². The minimum Gasteiger partial charge on any atom is -0.454 e. The fraction of sp³-hybridized carbons (Fsp3) is 0.861.